The molecular weight excluding hydrogens is 284 g/mol. The predicted octanol–water partition coefficient (Wildman–Crippen LogP) is 5.06. The number of allylic oxidation sites excluding steroid dienone is 1. The fourth-order valence-corrected chi connectivity index (χ4v) is 3.73. The van der Waals surface area contributed by atoms with Gasteiger partial charge in [0.05, 0.1) is 0 Å². The van der Waals surface area contributed by atoms with Gasteiger partial charge in [0.25, 0.3) is 0 Å². The second-order valence-corrected chi connectivity index (χ2v) is 6.78. The van der Waals surface area contributed by atoms with Crippen molar-refractivity contribution in [1.29, 1.82) is 0 Å². The van der Waals surface area contributed by atoms with Crippen LogP contribution in [0, 0.1) is 17.8 Å². The van der Waals surface area contributed by atoms with Crippen LogP contribution in [-0.2, 0) is 4.74 Å². The summed E-state index contributed by atoms with van der Waals surface area (Å²) < 4.78 is 58.1. The van der Waals surface area contributed by atoms with Gasteiger partial charge in [0.15, 0.2) is 6.17 Å². The lowest BCUT2D eigenvalue weighted by molar-refractivity contribution is -0.244. The lowest BCUT2D eigenvalue weighted by atomic mass is 9.68. The van der Waals surface area contributed by atoms with E-state index in [0.717, 1.165) is 38.2 Å². The molecule has 0 saturated heterocycles. The van der Waals surface area contributed by atoms with Crippen LogP contribution in [0.4, 0.5) is 17.6 Å². The molecule has 21 heavy (non-hydrogen) atoms. The van der Waals surface area contributed by atoms with Crippen LogP contribution in [0.3, 0.4) is 0 Å². The summed E-state index contributed by atoms with van der Waals surface area (Å²) in [4.78, 5) is 0. The lowest BCUT2D eigenvalue weighted by Crippen LogP contribution is -2.54. The number of rotatable bonds is 3. The number of halogens is 4. The Labute approximate surface area is 123 Å². The molecule has 0 N–H and O–H groups in total. The van der Waals surface area contributed by atoms with Crippen LogP contribution in [0.1, 0.15) is 46.5 Å². The Morgan fingerprint density at radius 3 is 2.24 bits per heavy atom. The third-order valence-corrected chi connectivity index (χ3v) is 5.23. The van der Waals surface area contributed by atoms with E-state index in [2.05, 4.69) is 11.7 Å². The van der Waals surface area contributed by atoms with Gasteiger partial charge in [-0.15, -0.1) is 0 Å². The smallest absolute Gasteiger partial charge is 0.310 e. The second-order valence-electron chi connectivity index (χ2n) is 6.78. The molecule has 0 radical (unpaired) electrons. The van der Waals surface area contributed by atoms with Gasteiger partial charge >= 0.3 is 6.61 Å². The Balaban J connectivity index is 2.20. The highest BCUT2D eigenvalue weighted by Crippen LogP contribution is 2.45. The fourth-order valence-electron chi connectivity index (χ4n) is 3.73. The zero-order chi connectivity index (χ0) is 15.8. The zero-order valence-corrected chi connectivity index (χ0v) is 12.8. The molecule has 1 fully saturated rings. The molecule has 4 unspecified atom stereocenters. The van der Waals surface area contributed by atoms with Gasteiger partial charge in [-0.3, -0.25) is 0 Å². The van der Waals surface area contributed by atoms with Gasteiger partial charge in [0.1, 0.15) is 11.8 Å². The van der Waals surface area contributed by atoms with E-state index in [4.69, 9.17) is 0 Å². The number of hydrogen-bond donors (Lipinski definition) is 0. The molecule has 5 heteroatoms. The third kappa shape index (κ3) is 3.27. The van der Waals surface area contributed by atoms with Crippen LogP contribution in [0.25, 0.3) is 0 Å². The molecule has 122 valence electrons. The second kappa shape index (κ2) is 6.27. The summed E-state index contributed by atoms with van der Waals surface area (Å²) in [5.74, 6) is 0.235. The van der Waals surface area contributed by atoms with Crippen molar-refractivity contribution in [2.45, 2.75) is 71.0 Å². The van der Waals surface area contributed by atoms with Gasteiger partial charge in [0.2, 0.25) is 0 Å². The highest BCUT2D eigenvalue weighted by molar-refractivity contribution is 5.24. The van der Waals surface area contributed by atoms with Crippen molar-refractivity contribution in [2.75, 3.05) is 0 Å². The van der Waals surface area contributed by atoms with E-state index in [0.29, 0.717) is 5.92 Å². The number of ether oxygens (including phenoxy) is 1. The Bertz CT molecular complexity index is 390. The van der Waals surface area contributed by atoms with Crippen molar-refractivity contribution in [3.05, 3.63) is 11.6 Å². The molecule has 4 atom stereocenters. The maximum atomic E-state index is 14.6. The molecule has 2 aliphatic carbocycles. The summed E-state index contributed by atoms with van der Waals surface area (Å²) in [6, 6.07) is 0. The van der Waals surface area contributed by atoms with Crippen LogP contribution in [0.2, 0.25) is 0 Å². The van der Waals surface area contributed by atoms with Gasteiger partial charge in [-0.2, -0.15) is 8.78 Å². The monoisotopic (exact) mass is 308 g/mol. The zero-order valence-electron chi connectivity index (χ0n) is 12.8. The van der Waals surface area contributed by atoms with Crippen molar-refractivity contribution in [3.8, 4) is 0 Å². The van der Waals surface area contributed by atoms with Crippen LogP contribution in [0.15, 0.2) is 11.6 Å². The van der Waals surface area contributed by atoms with Crippen molar-refractivity contribution in [1.82, 2.24) is 0 Å². The van der Waals surface area contributed by atoms with Crippen molar-refractivity contribution >= 4 is 0 Å². The van der Waals surface area contributed by atoms with E-state index in [9.17, 15) is 17.6 Å². The Morgan fingerprint density at radius 2 is 1.71 bits per heavy atom. The summed E-state index contributed by atoms with van der Waals surface area (Å²) >= 11 is 0. The van der Waals surface area contributed by atoms with Crippen molar-refractivity contribution in [3.63, 3.8) is 0 Å². The minimum Gasteiger partial charge on any atom is -0.310 e. The maximum absolute atomic E-state index is 14.6. The van der Waals surface area contributed by atoms with E-state index in [1.54, 1.807) is 6.92 Å². The highest BCUT2D eigenvalue weighted by Gasteiger charge is 2.52. The maximum Gasteiger partial charge on any atom is 0.346 e. The van der Waals surface area contributed by atoms with Crippen LogP contribution in [0.5, 0.6) is 0 Å². The molecule has 1 nitrogen and oxygen atoms in total. The highest BCUT2D eigenvalue weighted by atomic mass is 19.3. The SMILES string of the molecule is CC1CCC(C2=CC(F)C(C)(OC(F)F)C(F)C2C)CC1. The molecule has 1 saturated carbocycles. The van der Waals surface area contributed by atoms with Gasteiger partial charge in [0, 0.05) is 5.92 Å². The first-order valence-electron chi connectivity index (χ1n) is 7.71. The predicted molar refractivity (Wildman–Crippen MR) is 73.7 cm³/mol. The standard InChI is InChI=1S/C16H24F4O/c1-9-4-6-11(7-5-9)12-8-13(17)16(3,21-15(19)20)14(18)10(12)2/h8-11,13-15H,4-7H2,1-3H3. The number of alkyl halides is 4. The minimum atomic E-state index is -3.18. The van der Waals surface area contributed by atoms with Crippen LogP contribution in [-0.4, -0.2) is 24.6 Å². The molecule has 0 aromatic carbocycles. The number of hydrogen-bond acceptors (Lipinski definition) is 1. The average molecular weight is 308 g/mol. The van der Waals surface area contributed by atoms with Crippen molar-refractivity contribution in [2.24, 2.45) is 17.8 Å². The van der Waals surface area contributed by atoms with E-state index in [1.807, 2.05) is 0 Å². The minimum absolute atomic E-state index is 0.170. The normalized spacial score (nSPS) is 44.8. The summed E-state index contributed by atoms with van der Waals surface area (Å²) in [6.45, 7) is 1.75. The van der Waals surface area contributed by atoms with Gasteiger partial charge in [-0.05, 0) is 37.7 Å². The van der Waals surface area contributed by atoms with Crippen molar-refractivity contribution < 1.29 is 22.3 Å². The molecule has 0 aromatic rings. The summed E-state index contributed by atoms with van der Waals surface area (Å²) in [7, 11) is 0. The third-order valence-electron chi connectivity index (χ3n) is 5.23. The topological polar surface area (TPSA) is 9.23 Å². The van der Waals surface area contributed by atoms with E-state index >= 15 is 0 Å². The van der Waals surface area contributed by atoms with Gasteiger partial charge in [-0.1, -0.05) is 32.3 Å². The average Bonchev–Trinajstić information content (AvgIpc) is 2.41. The Morgan fingerprint density at radius 1 is 1.14 bits per heavy atom. The van der Waals surface area contributed by atoms with Crippen LogP contribution < -0.4 is 0 Å². The molecule has 0 aliphatic heterocycles. The Hall–Kier alpha value is -0.580. The molecule has 2 rings (SSSR count). The van der Waals surface area contributed by atoms with E-state index < -0.39 is 30.5 Å². The quantitative estimate of drug-likeness (QED) is 0.523. The van der Waals surface area contributed by atoms with E-state index in [-0.39, 0.29) is 5.92 Å². The first-order chi connectivity index (χ1) is 9.75. The largest absolute Gasteiger partial charge is 0.346 e. The summed E-state index contributed by atoms with van der Waals surface area (Å²) in [5.41, 5.74) is -1.35. The summed E-state index contributed by atoms with van der Waals surface area (Å²) in [5, 5.41) is 0. The van der Waals surface area contributed by atoms with Gasteiger partial charge in [-0.25, -0.2) is 8.78 Å². The first-order valence-corrected chi connectivity index (χ1v) is 7.71. The molecule has 0 amide bonds. The summed E-state index contributed by atoms with van der Waals surface area (Å²) in [6.07, 6.45) is 1.67. The van der Waals surface area contributed by atoms with E-state index in [1.165, 1.54) is 6.08 Å². The first kappa shape index (κ1) is 16.8. The molecular formula is C16H24F4O. The van der Waals surface area contributed by atoms with Gasteiger partial charge < -0.3 is 4.74 Å². The molecule has 0 bridgehead atoms. The molecule has 0 aromatic heterocycles. The lowest BCUT2D eigenvalue weighted by Gasteiger charge is -2.44. The van der Waals surface area contributed by atoms with Crippen LogP contribution >= 0.6 is 0 Å². The molecule has 0 heterocycles. The Kier molecular flexibility index (Phi) is 5.01. The fraction of sp³-hybridized carbons (Fsp3) is 0.875. The molecule has 2 aliphatic rings. The molecule has 0 spiro atoms.